The molecule has 1 atom stereocenters. The molecule has 0 bridgehead atoms. The first-order chi connectivity index (χ1) is 18.4. The number of amides is 2. The third-order valence-corrected chi connectivity index (χ3v) is 7.99. The first-order valence-corrected chi connectivity index (χ1v) is 13.4. The van der Waals surface area contributed by atoms with E-state index in [1.807, 2.05) is 55.5 Å². The lowest BCUT2D eigenvalue weighted by Gasteiger charge is -2.28. The first-order valence-electron chi connectivity index (χ1n) is 12.2. The molecule has 3 aromatic carbocycles. The quantitative estimate of drug-likeness (QED) is 0.259. The van der Waals surface area contributed by atoms with Gasteiger partial charge < -0.3 is 9.47 Å². The van der Waals surface area contributed by atoms with Crippen LogP contribution in [0.4, 0.5) is 10.5 Å². The fourth-order valence-corrected chi connectivity index (χ4v) is 5.60. The van der Waals surface area contributed by atoms with Crippen molar-refractivity contribution in [1.29, 1.82) is 0 Å². The van der Waals surface area contributed by atoms with Crippen molar-refractivity contribution < 1.29 is 14.3 Å². The monoisotopic (exact) mass is 545 g/mol. The molecular weight excluding hydrogens is 518 g/mol. The number of hydrogen-bond acceptors (Lipinski definition) is 5. The number of carbonyl (C=O) groups is 1. The highest BCUT2D eigenvalue weighted by Crippen LogP contribution is 2.34. The van der Waals surface area contributed by atoms with Crippen LogP contribution in [-0.2, 0) is 6.42 Å². The summed E-state index contributed by atoms with van der Waals surface area (Å²) >= 11 is 7.65. The number of halogens is 1. The van der Waals surface area contributed by atoms with Crippen molar-refractivity contribution in [2.75, 3.05) is 26.2 Å². The minimum Gasteiger partial charge on any atom is -0.493 e. The third-order valence-electron chi connectivity index (χ3n) is 6.71. The van der Waals surface area contributed by atoms with Crippen molar-refractivity contribution in [3.8, 4) is 33.1 Å². The van der Waals surface area contributed by atoms with Crippen molar-refractivity contribution in [1.82, 2.24) is 5.01 Å². The summed E-state index contributed by atoms with van der Waals surface area (Å²) in [6.45, 7) is 1.99. The number of nitrogens with zero attached hydrogens (tertiary/aromatic N) is 3. The van der Waals surface area contributed by atoms with Crippen LogP contribution < -0.4 is 14.4 Å². The summed E-state index contributed by atoms with van der Waals surface area (Å²) in [5, 5.41) is 6.07. The number of anilines is 1. The maximum atomic E-state index is 13.5. The van der Waals surface area contributed by atoms with Crippen LogP contribution in [0.5, 0.6) is 11.5 Å². The molecule has 6 nitrogen and oxygen atoms in total. The molecule has 1 unspecified atom stereocenters. The minimum atomic E-state index is -0.202. The van der Waals surface area contributed by atoms with E-state index in [0.717, 1.165) is 42.7 Å². The van der Waals surface area contributed by atoms with E-state index in [2.05, 4.69) is 29.4 Å². The predicted molar refractivity (Wildman–Crippen MR) is 156 cm³/mol. The highest BCUT2D eigenvalue weighted by molar-refractivity contribution is 7.19. The van der Waals surface area contributed by atoms with Gasteiger partial charge in [0.2, 0.25) is 0 Å². The highest BCUT2D eigenvalue weighted by Gasteiger charge is 2.27. The molecule has 0 N–H and O–H groups in total. The summed E-state index contributed by atoms with van der Waals surface area (Å²) in [4.78, 5) is 16.2. The lowest BCUT2D eigenvalue weighted by atomic mass is 10.0. The van der Waals surface area contributed by atoms with Gasteiger partial charge in [-0.2, -0.15) is 5.10 Å². The minimum absolute atomic E-state index is 0.142. The van der Waals surface area contributed by atoms with Crippen molar-refractivity contribution in [3.63, 3.8) is 0 Å². The molecule has 2 amide bonds. The van der Waals surface area contributed by atoms with Crippen molar-refractivity contribution in [3.05, 3.63) is 88.3 Å². The number of hydrogen-bond donors (Lipinski definition) is 0. The Morgan fingerprint density at radius 3 is 2.16 bits per heavy atom. The molecule has 1 aliphatic heterocycles. The second-order valence-corrected chi connectivity index (χ2v) is 10.8. The molecule has 1 aromatic heterocycles. The van der Waals surface area contributed by atoms with E-state index in [9.17, 15) is 4.79 Å². The normalized spacial score (nSPS) is 14.6. The molecule has 1 aliphatic rings. The fourth-order valence-electron chi connectivity index (χ4n) is 4.55. The average Bonchev–Trinajstić information content (AvgIpc) is 3.31. The summed E-state index contributed by atoms with van der Waals surface area (Å²) in [7, 11) is 4.99. The van der Waals surface area contributed by atoms with Gasteiger partial charge in [0.05, 0.1) is 30.8 Å². The second-order valence-electron chi connectivity index (χ2n) is 9.12. The van der Waals surface area contributed by atoms with Crippen LogP contribution in [-0.4, -0.2) is 44.6 Å². The Morgan fingerprint density at radius 2 is 1.55 bits per heavy atom. The van der Waals surface area contributed by atoms with Gasteiger partial charge in [0, 0.05) is 23.2 Å². The van der Waals surface area contributed by atoms with Crippen LogP contribution in [0.1, 0.15) is 18.1 Å². The van der Waals surface area contributed by atoms with Crippen LogP contribution in [0.2, 0.25) is 4.34 Å². The first kappa shape index (κ1) is 25.8. The number of carbonyl (C=O) groups excluding carboxylic acids is 1. The van der Waals surface area contributed by atoms with E-state index in [1.54, 1.807) is 43.7 Å². The zero-order valence-electron chi connectivity index (χ0n) is 21.6. The summed E-state index contributed by atoms with van der Waals surface area (Å²) in [5.74, 6) is 1.29. The molecule has 5 rings (SSSR count). The molecule has 0 fully saturated rings. The van der Waals surface area contributed by atoms with Gasteiger partial charge in [-0.15, -0.1) is 11.3 Å². The Bertz CT molecular complexity index is 1480. The SMILES string of the molecule is COc1cc2c(cc1OC)CC(C)N(C(=O)N(C)c1ccc(-c3ccc(-c4ccc(Cl)s4)cc3)cc1)N=C2. The van der Waals surface area contributed by atoms with Gasteiger partial charge >= 0.3 is 6.03 Å². The molecule has 0 saturated carbocycles. The molecule has 0 saturated heterocycles. The number of methoxy groups -OCH3 is 2. The van der Waals surface area contributed by atoms with Gasteiger partial charge in [-0.1, -0.05) is 48.0 Å². The maximum Gasteiger partial charge on any atom is 0.344 e. The summed E-state index contributed by atoms with van der Waals surface area (Å²) in [5.41, 5.74) is 6.06. The van der Waals surface area contributed by atoms with E-state index >= 15 is 0 Å². The summed E-state index contributed by atoms with van der Waals surface area (Å²) in [6, 6.07) is 23.8. The lowest BCUT2D eigenvalue weighted by molar-refractivity contribution is 0.190. The number of benzene rings is 3. The van der Waals surface area contributed by atoms with Gasteiger partial charge in [-0.25, -0.2) is 9.80 Å². The molecule has 38 heavy (non-hydrogen) atoms. The Hall–Kier alpha value is -3.81. The number of hydrazone groups is 1. The van der Waals surface area contributed by atoms with Crippen molar-refractivity contribution in [2.24, 2.45) is 5.10 Å². The largest absolute Gasteiger partial charge is 0.493 e. The Labute approximate surface area is 231 Å². The number of thiophene rings is 1. The number of rotatable bonds is 5. The van der Waals surface area contributed by atoms with E-state index in [1.165, 1.54) is 5.01 Å². The van der Waals surface area contributed by atoms with Gasteiger partial charge in [0.1, 0.15) is 0 Å². The molecule has 0 aliphatic carbocycles. The highest BCUT2D eigenvalue weighted by atomic mass is 35.5. The van der Waals surface area contributed by atoms with Gasteiger partial charge in [-0.05, 0) is 72.0 Å². The zero-order chi connectivity index (χ0) is 26.8. The van der Waals surface area contributed by atoms with Gasteiger partial charge in [0.15, 0.2) is 11.5 Å². The van der Waals surface area contributed by atoms with Crippen LogP contribution in [0.3, 0.4) is 0 Å². The molecule has 8 heteroatoms. The third kappa shape index (κ3) is 5.12. The van der Waals surface area contributed by atoms with Gasteiger partial charge in [0.25, 0.3) is 0 Å². The fraction of sp³-hybridized carbons (Fsp3) is 0.200. The molecule has 0 radical (unpaired) electrons. The van der Waals surface area contributed by atoms with E-state index in [4.69, 9.17) is 21.1 Å². The van der Waals surface area contributed by atoms with E-state index in [0.29, 0.717) is 17.9 Å². The van der Waals surface area contributed by atoms with Crippen LogP contribution in [0, 0.1) is 0 Å². The number of ether oxygens (including phenoxy) is 2. The van der Waals surface area contributed by atoms with Crippen molar-refractivity contribution >= 4 is 40.9 Å². The smallest absolute Gasteiger partial charge is 0.344 e. The van der Waals surface area contributed by atoms with Crippen LogP contribution >= 0.6 is 22.9 Å². The molecule has 194 valence electrons. The maximum absolute atomic E-state index is 13.5. The molecule has 4 aromatic rings. The standard InChI is InChI=1S/C30H28ClN3O3S/c1-19-15-23-16-26(36-3)27(37-4)17-24(23)18-32-34(19)30(35)33(2)25-11-9-21(10-12-25)20-5-7-22(8-6-20)28-13-14-29(31)38-28/h5-14,16-19H,15H2,1-4H3. The van der Waals surface area contributed by atoms with Gasteiger partial charge in [-0.3, -0.25) is 4.90 Å². The Balaban J connectivity index is 1.31. The Kier molecular flexibility index (Phi) is 7.40. The van der Waals surface area contributed by atoms with Crippen molar-refractivity contribution in [2.45, 2.75) is 19.4 Å². The molecule has 0 spiro atoms. The average molecular weight is 546 g/mol. The topological polar surface area (TPSA) is 54.4 Å². The second kappa shape index (κ2) is 10.9. The van der Waals surface area contributed by atoms with Crippen LogP contribution in [0.15, 0.2) is 77.9 Å². The predicted octanol–water partition coefficient (Wildman–Crippen LogP) is 7.59. The summed E-state index contributed by atoms with van der Waals surface area (Å²) in [6.07, 6.45) is 2.35. The van der Waals surface area contributed by atoms with Crippen LogP contribution in [0.25, 0.3) is 21.6 Å². The lowest BCUT2D eigenvalue weighted by Crippen LogP contribution is -2.43. The van der Waals surface area contributed by atoms with E-state index in [-0.39, 0.29) is 12.1 Å². The Morgan fingerprint density at radius 1 is 0.947 bits per heavy atom. The zero-order valence-corrected chi connectivity index (χ0v) is 23.2. The summed E-state index contributed by atoms with van der Waals surface area (Å²) < 4.78 is 11.7. The number of urea groups is 1. The number of fused-ring (bicyclic) bond motifs is 1. The molecule has 2 heterocycles. The van der Waals surface area contributed by atoms with E-state index < -0.39 is 0 Å². The molecular formula is C30H28ClN3O3S.